The number of nitrogens with zero attached hydrogens (tertiary/aromatic N) is 1. The Bertz CT molecular complexity index is 789. The number of methoxy groups -OCH3 is 1. The van der Waals surface area contributed by atoms with Crippen molar-refractivity contribution in [2.75, 3.05) is 13.7 Å². The van der Waals surface area contributed by atoms with E-state index in [1.807, 2.05) is 0 Å². The Balaban J connectivity index is 1.94. The summed E-state index contributed by atoms with van der Waals surface area (Å²) in [5, 5.41) is 10.6. The average Bonchev–Trinajstić information content (AvgIpc) is 2.99. The van der Waals surface area contributed by atoms with Crippen molar-refractivity contribution in [3.05, 3.63) is 57.3 Å². The highest BCUT2D eigenvalue weighted by molar-refractivity contribution is 6.14. The summed E-state index contributed by atoms with van der Waals surface area (Å²) in [5.74, 6) is 0.654. The van der Waals surface area contributed by atoms with Gasteiger partial charge < -0.3 is 13.9 Å². The van der Waals surface area contributed by atoms with Crippen molar-refractivity contribution in [1.29, 1.82) is 0 Å². The van der Waals surface area contributed by atoms with Gasteiger partial charge >= 0.3 is 5.88 Å². The van der Waals surface area contributed by atoms with E-state index >= 15 is 0 Å². The van der Waals surface area contributed by atoms with Crippen LogP contribution in [0.1, 0.15) is 16.1 Å². The lowest BCUT2D eigenvalue weighted by Gasteiger charge is -2.19. The Kier molecular flexibility index (Phi) is 3.38. The van der Waals surface area contributed by atoms with E-state index in [0.717, 1.165) is 0 Å². The van der Waals surface area contributed by atoms with Crippen molar-refractivity contribution < 1.29 is 23.6 Å². The molecule has 0 unspecified atom stereocenters. The molecule has 0 atom stereocenters. The van der Waals surface area contributed by atoms with E-state index in [0.29, 0.717) is 22.6 Å². The van der Waals surface area contributed by atoms with Crippen molar-refractivity contribution in [2.24, 2.45) is 0 Å². The van der Waals surface area contributed by atoms with Gasteiger partial charge in [-0.05, 0) is 30.3 Å². The van der Waals surface area contributed by atoms with E-state index in [1.165, 1.54) is 25.3 Å². The first kappa shape index (κ1) is 13.9. The van der Waals surface area contributed by atoms with Gasteiger partial charge in [-0.3, -0.25) is 14.9 Å². The Morgan fingerprint density at radius 3 is 2.82 bits per heavy atom. The van der Waals surface area contributed by atoms with Gasteiger partial charge in [0.15, 0.2) is 5.78 Å². The molecule has 0 N–H and O–H groups in total. The lowest BCUT2D eigenvalue weighted by molar-refractivity contribution is -0.402. The van der Waals surface area contributed by atoms with Crippen molar-refractivity contribution in [3.63, 3.8) is 0 Å². The molecule has 0 saturated carbocycles. The molecule has 0 amide bonds. The molecular formula is C15H11NO6. The molecule has 0 fully saturated rings. The van der Waals surface area contributed by atoms with Crippen LogP contribution in [0.3, 0.4) is 0 Å². The van der Waals surface area contributed by atoms with E-state index in [1.54, 1.807) is 18.2 Å². The number of fused-ring (bicyclic) bond motifs is 1. The number of furan rings is 1. The minimum Gasteiger partial charge on any atom is -0.497 e. The van der Waals surface area contributed by atoms with Crippen molar-refractivity contribution in [3.8, 4) is 11.5 Å². The van der Waals surface area contributed by atoms with Crippen molar-refractivity contribution in [1.82, 2.24) is 0 Å². The summed E-state index contributed by atoms with van der Waals surface area (Å²) in [6.45, 7) is 0.0761. The van der Waals surface area contributed by atoms with Crippen LogP contribution in [0, 0.1) is 10.1 Å². The maximum Gasteiger partial charge on any atom is 0.433 e. The van der Waals surface area contributed by atoms with E-state index in [2.05, 4.69) is 0 Å². The van der Waals surface area contributed by atoms with Crippen LogP contribution >= 0.6 is 0 Å². The molecular weight excluding hydrogens is 290 g/mol. The predicted molar refractivity (Wildman–Crippen MR) is 76.2 cm³/mol. The van der Waals surface area contributed by atoms with Crippen LogP contribution in [0.2, 0.25) is 0 Å². The summed E-state index contributed by atoms with van der Waals surface area (Å²) < 4.78 is 15.6. The molecule has 0 aliphatic carbocycles. The summed E-state index contributed by atoms with van der Waals surface area (Å²) in [6.07, 6.45) is 1.44. The molecule has 2 aromatic rings. The summed E-state index contributed by atoms with van der Waals surface area (Å²) in [7, 11) is 1.51. The Hall–Kier alpha value is -3.09. The quantitative estimate of drug-likeness (QED) is 0.491. The summed E-state index contributed by atoms with van der Waals surface area (Å²) in [5.41, 5.74) is 0.739. The largest absolute Gasteiger partial charge is 0.497 e. The zero-order valence-corrected chi connectivity index (χ0v) is 11.6. The fraction of sp³-hybridized carbons (Fsp3) is 0.133. The third-order valence-corrected chi connectivity index (χ3v) is 3.22. The highest BCUT2D eigenvalue weighted by Gasteiger charge is 2.24. The molecule has 112 valence electrons. The van der Waals surface area contributed by atoms with Crippen molar-refractivity contribution in [2.45, 2.75) is 0 Å². The monoisotopic (exact) mass is 301 g/mol. The molecule has 1 aliphatic rings. The number of hydrogen-bond donors (Lipinski definition) is 0. The van der Waals surface area contributed by atoms with Crippen molar-refractivity contribution >= 4 is 17.7 Å². The zero-order chi connectivity index (χ0) is 15.7. The van der Waals surface area contributed by atoms with Gasteiger partial charge in [-0.25, -0.2) is 0 Å². The topological polar surface area (TPSA) is 91.8 Å². The maximum absolute atomic E-state index is 12.5. The zero-order valence-electron chi connectivity index (χ0n) is 11.6. The van der Waals surface area contributed by atoms with E-state index in [-0.39, 0.29) is 24.0 Å². The second kappa shape index (κ2) is 5.36. The van der Waals surface area contributed by atoms with Gasteiger partial charge in [-0.1, -0.05) is 0 Å². The first-order valence-electron chi connectivity index (χ1n) is 6.39. The first-order valence-corrected chi connectivity index (χ1v) is 6.39. The molecule has 2 heterocycles. The Morgan fingerprint density at radius 2 is 2.14 bits per heavy atom. The molecule has 1 aliphatic heterocycles. The summed E-state index contributed by atoms with van der Waals surface area (Å²) in [6, 6.07) is 7.63. The van der Waals surface area contributed by atoms with Crippen LogP contribution in [-0.4, -0.2) is 24.4 Å². The fourth-order valence-corrected chi connectivity index (χ4v) is 2.13. The molecule has 3 rings (SSSR count). The Morgan fingerprint density at radius 1 is 1.32 bits per heavy atom. The van der Waals surface area contributed by atoms with Gasteiger partial charge in [-0.15, -0.1) is 0 Å². The van der Waals surface area contributed by atoms with E-state index < -0.39 is 4.92 Å². The van der Waals surface area contributed by atoms with E-state index in [4.69, 9.17) is 13.9 Å². The minimum absolute atomic E-state index is 0.0761. The normalized spacial score (nSPS) is 15.3. The van der Waals surface area contributed by atoms with Gasteiger partial charge in [0.1, 0.15) is 28.8 Å². The smallest absolute Gasteiger partial charge is 0.433 e. The van der Waals surface area contributed by atoms with E-state index in [9.17, 15) is 14.9 Å². The molecule has 0 saturated heterocycles. The third kappa shape index (κ3) is 2.44. The van der Waals surface area contributed by atoms with Gasteiger partial charge in [-0.2, -0.15) is 0 Å². The van der Waals surface area contributed by atoms with Gasteiger partial charge in [0, 0.05) is 5.57 Å². The molecule has 7 heteroatoms. The van der Waals surface area contributed by atoms with Crippen LogP contribution in [0.25, 0.3) is 6.08 Å². The molecule has 22 heavy (non-hydrogen) atoms. The molecule has 7 nitrogen and oxygen atoms in total. The van der Waals surface area contributed by atoms with Crippen LogP contribution in [0.5, 0.6) is 11.5 Å². The second-order valence-electron chi connectivity index (χ2n) is 4.58. The number of carbonyl (C=O) groups is 1. The predicted octanol–water partition coefficient (Wildman–Crippen LogP) is 2.86. The number of ether oxygens (including phenoxy) is 2. The summed E-state index contributed by atoms with van der Waals surface area (Å²) in [4.78, 5) is 22.4. The summed E-state index contributed by atoms with van der Waals surface area (Å²) >= 11 is 0. The number of carbonyl (C=O) groups excluding carboxylic acids is 1. The molecule has 1 aromatic heterocycles. The number of rotatable bonds is 3. The number of nitro groups is 1. The Labute approximate surface area is 124 Å². The average molecular weight is 301 g/mol. The third-order valence-electron chi connectivity index (χ3n) is 3.22. The SMILES string of the molecule is COc1ccc2c(c1)C(=O)/C(=C/c1ccc([N+](=O)[O-])o1)CO2. The molecule has 0 spiro atoms. The number of ketones is 1. The highest BCUT2D eigenvalue weighted by Crippen LogP contribution is 2.31. The molecule has 1 aromatic carbocycles. The molecule has 0 radical (unpaired) electrons. The number of hydrogen-bond acceptors (Lipinski definition) is 6. The second-order valence-corrected chi connectivity index (χ2v) is 4.58. The molecule has 0 bridgehead atoms. The fourth-order valence-electron chi connectivity index (χ4n) is 2.13. The van der Waals surface area contributed by atoms with Gasteiger partial charge in [0.05, 0.1) is 18.7 Å². The lowest BCUT2D eigenvalue weighted by Crippen LogP contribution is -2.19. The van der Waals surface area contributed by atoms with Crippen LogP contribution in [0.15, 0.2) is 40.3 Å². The number of benzene rings is 1. The standard InChI is InChI=1S/C15H11NO6/c1-20-10-2-4-13-12(7-10)15(17)9(8-21-13)6-11-3-5-14(22-11)16(18)19/h2-7H,8H2,1H3/b9-6+. The highest BCUT2D eigenvalue weighted by atomic mass is 16.6. The van der Waals surface area contributed by atoms with Crippen LogP contribution in [-0.2, 0) is 0 Å². The number of Topliss-reactive ketones (excluding diaryl/α,β-unsaturated/α-hetero) is 1. The maximum atomic E-state index is 12.5. The first-order chi connectivity index (χ1) is 10.6. The van der Waals surface area contributed by atoms with Gasteiger partial charge in [0.25, 0.3) is 0 Å². The van der Waals surface area contributed by atoms with Crippen LogP contribution in [0.4, 0.5) is 5.88 Å². The van der Waals surface area contributed by atoms with Crippen LogP contribution < -0.4 is 9.47 Å². The minimum atomic E-state index is -0.638. The van der Waals surface area contributed by atoms with Gasteiger partial charge in [0.2, 0.25) is 0 Å². The lowest BCUT2D eigenvalue weighted by atomic mass is 9.99.